The Morgan fingerprint density at radius 1 is 0.455 bits per heavy atom. The molecule has 1 unspecified atom stereocenters. The summed E-state index contributed by atoms with van der Waals surface area (Å²) in [6, 6.07) is 0. The Morgan fingerprint density at radius 2 is 0.655 bits per heavy atom. The first-order valence-corrected chi connectivity index (χ1v) is 25.5. The molecule has 0 aliphatic rings. The number of carbonyl (C=O) groups is 2. The predicted molar refractivity (Wildman–Crippen MR) is 233 cm³/mol. The van der Waals surface area contributed by atoms with Gasteiger partial charge in [0.1, 0.15) is 6.54 Å². The van der Waals surface area contributed by atoms with Crippen molar-refractivity contribution in [3.63, 3.8) is 0 Å². The van der Waals surface area contributed by atoms with Crippen molar-refractivity contribution >= 4 is 19.4 Å². The molecule has 0 saturated carbocycles. The van der Waals surface area contributed by atoms with E-state index in [1.807, 2.05) is 0 Å². The summed E-state index contributed by atoms with van der Waals surface area (Å²) < 4.78 is 17.4. The average molecular weight is 800 g/mol. The molecule has 0 aromatic heterocycles. The van der Waals surface area contributed by atoms with Gasteiger partial charge in [-0.3, -0.25) is 18.7 Å². The van der Waals surface area contributed by atoms with Crippen LogP contribution in [0.4, 0.5) is 0 Å². The van der Waals surface area contributed by atoms with E-state index in [0.717, 1.165) is 38.5 Å². The number of quaternary nitrogens is 1. The van der Waals surface area contributed by atoms with E-state index >= 15 is 0 Å². The first kappa shape index (κ1) is 54.4. The van der Waals surface area contributed by atoms with E-state index in [1.54, 1.807) is 21.1 Å². The molecular formula is C47H94NO6P. The normalized spacial score (nSPS) is 13.4. The lowest BCUT2D eigenvalue weighted by atomic mass is 9.86. The zero-order chi connectivity index (χ0) is 40.9. The highest BCUT2D eigenvalue weighted by Crippen LogP contribution is 2.40. The van der Waals surface area contributed by atoms with Gasteiger partial charge in [-0.05, 0) is 12.8 Å². The topological polar surface area (TPSA) is 104 Å². The SMILES string of the molecule is CCCCCCCCCCCCCCCCCCCCC(=O)C(C[N+](C)(C)C)(OP(=O)([O-])O)C(=O)CCCCCCCCCCCCCCCCCCCC. The van der Waals surface area contributed by atoms with E-state index in [9.17, 15) is 23.9 Å². The van der Waals surface area contributed by atoms with Crippen LogP contribution in [-0.2, 0) is 18.7 Å². The summed E-state index contributed by atoms with van der Waals surface area (Å²) in [6.45, 7) is 4.41. The molecule has 0 aromatic rings. The van der Waals surface area contributed by atoms with Crippen LogP contribution in [0.5, 0.6) is 0 Å². The molecule has 0 aliphatic carbocycles. The maximum Gasteiger partial charge on any atom is 0.266 e. The van der Waals surface area contributed by atoms with Gasteiger partial charge in [-0.15, -0.1) is 0 Å². The first-order valence-electron chi connectivity index (χ1n) is 24.0. The molecule has 1 N–H and O–H groups in total. The molecule has 0 radical (unpaired) electrons. The van der Waals surface area contributed by atoms with Crippen LogP contribution in [0.25, 0.3) is 0 Å². The summed E-state index contributed by atoms with van der Waals surface area (Å²) in [6.07, 6.45) is 45.0. The summed E-state index contributed by atoms with van der Waals surface area (Å²) in [5.74, 6) is -1.04. The largest absolute Gasteiger partial charge is 0.756 e. The molecule has 0 heterocycles. The monoisotopic (exact) mass is 800 g/mol. The quantitative estimate of drug-likeness (QED) is 0.0285. The van der Waals surface area contributed by atoms with Gasteiger partial charge in [-0.1, -0.05) is 232 Å². The fourth-order valence-corrected chi connectivity index (χ4v) is 8.76. The van der Waals surface area contributed by atoms with Gasteiger partial charge in [0.15, 0.2) is 11.6 Å². The van der Waals surface area contributed by atoms with E-state index in [1.165, 1.54) is 180 Å². The Hall–Kier alpha value is -0.590. The molecule has 0 bridgehead atoms. The van der Waals surface area contributed by atoms with Gasteiger partial charge >= 0.3 is 0 Å². The van der Waals surface area contributed by atoms with Crippen molar-refractivity contribution in [2.45, 2.75) is 263 Å². The predicted octanol–water partition coefficient (Wildman–Crippen LogP) is 13.9. The maximum atomic E-state index is 13.7. The summed E-state index contributed by atoms with van der Waals surface area (Å²) in [5, 5.41) is 0. The third-order valence-electron chi connectivity index (χ3n) is 11.4. The van der Waals surface area contributed by atoms with Gasteiger partial charge in [-0.2, -0.15) is 0 Å². The number of likely N-dealkylation sites (N-methyl/N-ethyl adjacent to an activating group) is 1. The van der Waals surface area contributed by atoms with Gasteiger partial charge in [0.05, 0.1) is 21.1 Å². The number of nitrogens with zero attached hydrogens (tertiary/aromatic N) is 1. The number of phosphoric acid groups is 1. The van der Waals surface area contributed by atoms with Crippen molar-refractivity contribution in [3.05, 3.63) is 0 Å². The Kier molecular flexibility index (Phi) is 36.1. The number of Topliss-reactive ketones (excluding diaryl/α,β-unsaturated/α-hetero) is 2. The number of phosphoric ester groups is 1. The number of ketones is 2. The first-order chi connectivity index (χ1) is 26.4. The number of hydrogen-bond donors (Lipinski definition) is 1. The third kappa shape index (κ3) is 35.1. The lowest BCUT2D eigenvalue weighted by Gasteiger charge is -2.39. The Morgan fingerprint density at radius 3 is 0.836 bits per heavy atom. The van der Waals surface area contributed by atoms with Crippen LogP contribution in [0.1, 0.15) is 258 Å². The molecule has 0 aromatic carbocycles. The Balaban J connectivity index is 4.35. The molecule has 0 spiro atoms. The zero-order valence-corrected chi connectivity index (χ0v) is 38.4. The minimum atomic E-state index is -5.34. The summed E-state index contributed by atoms with van der Waals surface area (Å²) in [5.41, 5.74) is -2.17. The highest BCUT2D eigenvalue weighted by Gasteiger charge is 2.51. The molecule has 0 saturated heterocycles. The maximum absolute atomic E-state index is 13.7. The van der Waals surface area contributed by atoms with Crippen LogP contribution in [0.2, 0.25) is 0 Å². The van der Waals surface area contributed by atoms with Crippen LogP contribution < -0.4 is 4.89 Å². The summed E-state index contributed by atoms with van der Waals surface area (Å²) in [4.78, 5) is 49.2. The number of rotatable bonds is 44. The van der Waals surface area contributed by atoms with Gasteiger partial charge in [0.2, 0.25) is 5.60 Å². The fraction of sp³-hybridized carbons (Fsp3) is 0.957. The molecule has 8 heteroatoms. The minimum Gasteiger partial charge on any atom is -0.756 e. The van der Waals surface area contributed by atoms with Crippen LogP contribution in [-0.4, -0.2) is 54.2 Å². The van der Waals surface area contributed by atoms with E-state index < -0.39 is 25.0 Å². The van der Waals surface area contributed by atoms with Crippen molar-refractivity contribution in [3.8, 4) is 0 Å². The minimum absolute atomic E-state index is 0.0730. The smallest absolute Gasteiger partial charge is 0.266 e. The molecule has 7 nitrogen and oxygen atoms in total. The van der Waals surface area contributed by atoms with Crippen LogP contribution >= 0.6 is 7.82 Å². The van der Waals surface area contributed by atoms with Gasteiger partial charge < -0.3 is 14.3 Å². The second-order valence-corrected chi connectivity index (χ2v) is 19.3. The lowest BCUT2D eigenvalue weighted by Crippen LogP contribution is -2.60. The summed E-state index contributed by atoms with van der Waals surface area (Å²) in [7, 11) is 0.0733. The Labute approximate surface area is 342 Å². The number of carbonyl (C=O) groups excluding carboxylic acids is 2. The molecule has 0 rings (SSSR count). The van der Waals surface area contributed by atoms with Crippen molar-refractivity contribution in [1.29, 1.82) is 0 Å². The summed E-state index contributed by atoms with van der Waals surface area (Å²) >= 11 is 0. The molecule has 55 heavy (non-hydrogen) atoms. The molecule has 1 atom stereocenters. The van der Waals surface area contributed by atoms with Crippen LogP contribution in [0, 0.1) is 0 Å². The van der Waals surface area contributed by atoms with E-state index in [4.69, 9.17) is 4.52 Å². The van der Waals surface area contributed by atoms with E-state index in [2.05, 4.69) is 13.8 Å². The van der Waals surface area contributed by atoms with E-state index in [-0.39, 0.29) is 23.9 Å². The molecular weight excluding hydrogens is 705 g/mol. The average Bonchev–Trinajstić information content (AvgIpc) is 3.12. The molecule has 328 valence electrons. The Bertz CT molecular complexity index is 877. The highest BCUT2D eigenvalue weighted by molar-refractivity contribution is 7.44. The van der Waals surface area contributed by atoms with Crippen molar-refractivity contribution in [1.82, 2.24) is 0 Å². The van der Waals surface area contributed by atoms with Gasteiger partial charge in [-0.25, -0.2) is 0 Å². The van der Waals surface area contributed by atoms with E-state index in [0.29, 0.717) is 12.8 Å². The number of unbranched alkanes of at least 4 members (excludes halogenated alkanes) is 34. The van der Waals surface area contributed by atoms with Crippen molar-refractivity contribution in [2.24, 2.45) is 0 Å². The third-order valence-corrected chi connectivity index (χ3v) is 11.9. The van der Waals surface area contributed by atoms with Gasteiger partial charge in [0, 0.05) is 12.8 Å². The zero-order valence-electron chi connectivity index (χ0n) is 37.5. The standard InChI is InChI=1S/C47H94NO6P/c1-6-8-10-12-14-16-18-20-22-24-26-28-30-32-34-36-38-40-42-45(49)47(44-48(3,4)5,54-55(51,52)53)46(50)43-41-39-37-35-33-31-29-27-25-23-21-19-17-15-13-11-9-7-2/h6-44H2,1-5H3,(H-,51,52,53). The molecule has 0 amide bonds. The van der Waals surface area contributed by atoms with Gasteiger partial charge in [0.25, 0.3) is 7.82 Å². The second-order valence-electron chi connectivity index (χ2n) is 18.2. The van der Waals surface area contributed by atoms with Crippen molar-refractivity contribution in [2.75, 3.05) is 27.7 Å². The van der Waals surface area contributed by atoms with Crippen LogP contribution in [0.15, 0.2) is 0 Å². The fourth-order valence-electron chi connectivity index (χ4n) is 8.11. The highest BCUT2D eigenvalue weighted by atomic mass is 31.2. The van der Waals surface area contributed by atoms with Crippen molar-refractivity contribution < 1.29 is 32.9 Å². The lowest BCUT2D eigenvalue weighted by molar-refractivity contribution is -0.874. The van der Waals surface area contributed by atoms with Crippen LogP contribution in [0.3, 0.4) is 0 Å². The second kappa shape index (κ2) is 36.5. The molecule has 0 aliphatic heterocycles. The number of hydrogen-bond acceptors (Lipinski definition) is 5. The molecule has 0 fully saturated rings.